The quantitative estimate of drug-likeness (QED) is 0.880. The maximum absolute atomic E-state index is 13.2. The zero-order chi connectivity index (χ0) is 13.0. The second-order valence-corrected chi connectivity index (χ2v) is 3.73. The van der Waals surface area contributed by atoms with Gasteiger partial charge in [0.25, 0.3) is 0 Å². The molecule has 0 amide bonds. The van der Waals surface area contributed by atoms with Crippen molar-refractivity contribution in [1.82, 2.24) is 15.5 Å². The minimum Gasteiger partial charge on any atom is -0.406 e. The number of anilines is 2. The monoisotopic (exact) mass is 250 g/mol. The topological polar surface area (TPSA) is 54.2 Å². The van der Waals surface area contributed by atoms with Crippen LogP contribution < -0.4 is 10.2 Å². The average molecular weight is 250 g/mol. The van der Waals surface area contributed by atoms with Crippen LogP contribution in [-0.4, -0.2) is 23.8 Å². The highest BCUT2D eigenvalue weighted by molar-refractivity contribution is 5.55. The zero-order valence-corrected chi connectivity index (χ0v) is 10.4. The van der Waals surface area contributed by atoms with E-state index >= 15 is 0 Å². The summed E-state index contributed by atoms with van der Waals surface area (Å²) in [6.45, 7) is 3.06. The van der Waals surface area contributed by atoms with Crippen LogP contribution in [-0.2, 0) is 6.54 Å². The summed E-state index contributed by atoms with van der Waals surface area (Å²) in [7, 11) is 1.80. The van der Waals surface area contributed by atoms with Gasteiger partial charge in [-0.3, -0.25) is 4.90 Å². The van der Waals surface area contributed by atoms with Crippen LogP contribution in [0.1, 0.15) is 12.8 Å². The van der Waals surface area contributed by atoms with Crippen molar-refractivity contribution in [3.63, 3.8) is 0 Å². The van der Waals surface area contributed by atoms with Crippen LogP contribution in [0.15, 0.2) is 28.7 Å². The largest absolute Gasteiger partial charge is 0.406 e. The zero-order valence-electron chi connectivity index (χ0n) is 10.4. The van der Waals surface area contributed by atoms with Crippen LogP contribution in [0, 0.1) is 5.82 Å². The normalized spacial score (nSPS) is 10.6. The molecule has 0 fully saturated rings. The molecule has 0 bridgehead atoms. The molecule has 2 aromatic rings. The second kappa shape index (κ2) is 5.59. The molecule has 1 aromatic carbocycles. The van der Waals surface area contributed by atoms with Crippen molar-refractivity contribution in [2.24, 2.45) is 0 Å². The molecular formula is C12H15FN4O. The lowest BCUT2D eigenvalue weighted by atomic mass is 10.3. The van der Waals surface area contributed by atoms with Crippen LogP contribution in [0.2, 0.25) is 0 Å². The molecule has 6 heteroatoms. The van der Waals surface area contributed by atoms with Gasteiger partial charge in [-0.2, -0.15) is 0 Å². The highest BCUT2D eigenvalue weighted by atomic mass is 19.1. The van der Waals surface area contributed by atoms with E-state index in [4.69, 9.17) is 4.42 Å². The fourth-order valence-corrected chi connectivity index (χ4v) is 1.65. The first-order valence-electron chi connectivity index (χ1n) is 5.74. The van der Waals surface area contributed by atoms with E-state index in [2.05, 4.69) is 15.5 Å². The van der Waals surface area contributed by atoms with Crippen LogP contribution in [0.4, 0.5) is 16.1 Å². The minimum absolute atomic E-state index is 0.291. The number of benzene rings is 1. The summed E-state index contributed by atoms with van der Waals surface area (Å²) < 4.78 is 18.7. The summed E-state index contributed by atoms with van der Waals surface area (Å²) in [5.41, 5.74) is 0.692. The minimum atomic E-state index is -0.291. The van der Waals surface area contributed by atoms with Gasteiger partial charge in [-0.1, -0.05) is 11.2 Å². The van der Waals surface area contributed by atoms with Gasteiger partial charge >= 0.3 is 6.01 Å². The first kappa shape index (κ1) is 12.5. The average Bonchev–Trinajstić information content (AvgIpc) is 2.79. The number of halogens is 1. The third kappa shape index (κ3) is 2.65. The van der Waals surface area contributed by atoms with E-state index in [1.54, 1.807) is 24.1 Å². The molecule has 96 valence electrons. The Morgan fingerprint density at radius 3 is 2.89 bits per heavy atom. The summed E-state index contributed by atoms with van der Waals surface area (Å²) in [4.78, 5) is 1.76. The lowest BCUT2D eigenvalue weighted by molar-refractivity contribution is 0.481. The molecule has 1 heterocycles. The van der Waals surface area contributed by atoms with E-state index in [0.717, 1.165) is 0 Å². The number of nitrogens with zero attached hydrogens (tertiary/aromatic N) is 3. The summed E-state index contributed by atoms with van der Waals surface area (Å²) in [5, 5.41) is 10.8. The molecule has 0 unspecified atom stereocenters. The molecule has 0 radical (unpaired) electrons. The van der Waals surface area contributed by atoms with E-state index in [1.807, 2.05) is 6.92 Å². The lowest BCUT2D eigenvalue weighted by Gasteiger charge is -2.17. The molecule has 0 aliphatic heterocycles. The van der Waals surface area contributed by atoms with Gasteiger partial charge < -0.3 is 9.73 Å². The summed E-state index contributed by atoms with van der Waals surface area (Å²) in [6, 6.07) is 6.66. The molecule has 0 spiro atoms. The molecule has 0 saturated heterocycles. The lowest BCUT2D eigenvalue weighted by Crippen LogP contribution is -2.16. The van der Waals surface area contributed by atoms with Gasteiger partial charge in [0, 0.05) is 12.2 Å². The fraction of sp³-hybridized carbons (Fsp3) is 0.333. The highest BCUT2D eigenvalue weighted by Gasteiger charge is 2.14. The van der Waals surface area contributed by atoms with Crippen LogP contribution >= 0.6 is 0 Å². The van der Waals surface area contributed by atoms with Crippen molar-refractivity contribution in [2.45, 2.75) is 13.5 Å². The summed E-state index contributed by atoms with van der Waals surface area (Å²) in [6.07, 6.45) is 0. The molecular weight excluding hydrogens is 235 g/mol. The van der Waals surface area contributed by atoms with Crippen molar-refractivity contribution in [3.8, 4) is 0 Å². The van der Waals surface area contributed by atoms with Crippen molar-refractivity contribution < 1.29 is 8.81 Å². The maximum Gasteiger partial charge on any atom is 0.322 e. The van der Waals surface area contributed by atoms with E-state index < -0.39 is 0 Å². The molecule has 0 aliphatic carbocycles. The molecule has 1 aromatic heterocycles. The van der Waals surface area contributed by atoms with Crippen LogP contribution in [0.3, 0.4) is 0 Å². The summed E-state index contributed by atoms with van der Waals surface area (Å²) >= 11 is 0. The molecule has 0 aliphatic rings. The summed E-state index contributed by atoms with van der Waals surface area (Å²) in [5.74, 6) is 0.211. The maximum atomic E-state index is 13.2. The Morgan fingerprint density at radius 2 is 2.22 bits per heavy atom. The SMILES string of the molecule is CCN(c1cccc(F)c1)c1nnc(CNC)o1. The molecule has 2 rings (SSSR count). The van der Waals surface area contributed by atoms with E-state index in [1.165, 1.54) is 12.1 Å². The fourth-order valence-electron chi connectivity index (χ4n) is 1.65. The predicted molar refractivity (Wildman–Crippen MR) is 66.1 cm³/mol. The van der Waals surface area contributed by atoms with Crippen molar-refractivity contribution in [2.75, 3.05) is 18.5 Å². The van der Waals surface area contributed by atoms with Crippen LogP contribution in [0.25, 0.3) is 0 Å². The first-order valence-corrected chi connectivity index (χ1v) is 5.74. The third-order valence-electron chi connectivity index (χ3n) is 2.45. The Labute approximate surface area is 105 Å². The Balaban J connectivity index is 2.27. The van der Waals surface area contributed by atoms with Gasteiger partial charge in [-0.15, -0.1) is 5.10 Å². The second-order valence-electron chi connectivity index (χ2n) is 3.73. The third-order valence-corrected chi connectivity index (χ3v) is 2.45. The van der Waals surface area contributed by atoms with Gasteiger partial charge in [-0.05, 0) is 32.2 Å². The van der Waals surface area contributed by atoms with Crippen LogP contribution in [0.5, 0.6) is 0 Å². The van der Waals surface area contributed by atoms with Crippen molar-refractivity contribution in [3.05, 3.63) is 36.0 Å². The van der Waals surface area contributed by atoms with Gasteiger partial charge in [0.15, 0.2) is 0 Å². The molecule has 1 N–H and O–H groups in total. The van der Waals surface area contributed by atoms with Crippen molar-refractivity contribution in [1.29, 1.82) is 0 Å². The van der Waals surface area contributed by atoms with Gasteiger partial charge in [0.2, 0.25) is 5.89 Å². The first-order chi connectivity index (χ1) is 8.74. The van der Waals surface area contributed by atoms with Gasteiger partial charge in [0.05, 0.1) is 6.54 Å². The Hall–Kier alpha value is -1.95. The smallest absolute Gasteiger partial charge is 0.322 e. The predicted octanol–water partition coefficient (Wildman–Crippen LogP) is 2.09. The number of aromatic nitrogens is 2. The van der Waals surface area contributed by atoms with E-state index in [-0.39, 0.29) is 5.82 Å². The molecule has 0 atom stereocenters. The van der Waals surface area contributed by atoms with Gasteiger partial charge in [-0.25, -0.2) is 4.39 Å². The Morgan fingerprint density at radius 1 is 1.39 bits per heavy atom. The van der Waals surface area contributed by atoms with E-state index in [9.17, 15) is 4.39 Å². The number of hydrogen-bond acceptors (Lipinski definition) is 5. The van der Waals surface area contributed by atoms with E-state index in [0.29, 0.717) is 30.7 Å². The molecule has 18 heavy (non-hydrogen) atoms. The highest BCUT2D eigenvalue weighted by Crippen LogP contribution is 2.24. The van der Waals surface area contributed by atoms with Crippen molar-refractivity contribution >= 4 is 11.7 Å². The Bertz CT molecular complexity index is 514. The number of nitrogens with one attached hydrogen (secondary N) is 1. The number of rotatable bonds is 5. The standard InChI is InChI=1S/C12H15FN4O/c1-3-17(10-6-4-5-9(13)7-10)12-16-15-11(18-12)8-14-2/h4-7,14H,3,8H2,1-2H3. The Kier molecular flexibility index (Phi) is 3.88. The number of hydrogen-bond donors (Lipinski definition) is 1. The molecule has 5 nitrogen and oxygen atoms in total. The van der Waals surface area contributed by atoms with Gasteiger partial charge in [0.1, 0.15) is 5.82 Å². The molecule has 0 saturated carbocycles.